The third-order valence-corrected chi connectivity index (χ3v) is 6.66. The largest absolute Gasteiger partial charge is 0.466 e. The van der Waals surface area contributed by atoms with Gasteiger partial charge < -0.3 is 4.74 Å². The first-order chi connectivity index (χ1) is 12.2. The van der Waals surface area contributed by atoms with Crippen molar-refractivity contribution in [2.24, 2.45) is 0 Å². The van der Waals surface area contributed by atoms with Crippen LogP contribution in [-0.4, -0.2) is 47.6 Å². The SMILES string of the molecule is CC(C)Oc1nnc(SCC2CSc3nnc(-c4cccnc4)n32)s1. The number of ether oxygens (including phenoxy) is 1. The topological polar surface area (TPSA) is 78.6 Å². The molecule has 3 aromatic rings. The van der Waals surface area contributed by atoms with E-state index in [0.717, 1.165) is 32.4 Å². The maximum absolute atomic E-state index is 5.58. The molecule has 0 aliphatic carbocycles. The van der Waals surface area contributed by atoms with Gasteiger partial charge in [0.2, 0.25) is 0 Å². The van der Waals surface area contributed by atoms with E-state index in [1.54, 1.807) is 29.7 Å². The van der Waals surface area contributed by atoms with Crippen LogP contribution in [0.25, 0.3) is 11.4 Å². The van der Waals surface area contributed by atoms with Crippen molar-refractivity contribution < 1.29 is 4.74 Å². The number of fused-ring (bicyclic) bond motifs is 1. The van der Waals surface area contributed by atoms with E-state index in [-0.39, 0.29) is 6.10 Å². The molecule has 1 aliphatic rings. The average molecular weight is 393 g/mol. The highest BCUT2D eigenvalue weighted by molar-refractivity contribution is 8.01. The molecular weight excluding hydrogens is 376 g/mol. The quantitative estimate of drug-likeness (QED) is 0.591. The van der Waals surface area contributed by atoms with Gasteiger partial charge in [-0.3, -0.25) is 9.55 Å². The van der Waals surface area contributed by atoms with Gasteiger partial charge in [0, 0.05) is 29.5 Å². The molecule has 4 rings (SSSR count). The second kappa shape index (κ2) is 7.30. The molecule has 0 fully saturated rings. The van der Waals surface area contributed by atoms with Gasteiger partial charge in [-0.25, -0.2) is 0 Å². The Morgan fingerprint density at radius 2 is 2.24 bits per heavy atom. The first-order valence-electron chi connectivity index (χ1n) is 7.82. The lowest BCUT2D eigenvalue weighted by Gasteiger charge is -2.13. The maximum Gasteiger partial charge on any atom is 0.295 e. The van der Waals surface area contributed by atoms with Crippen molar-refractivity contribution in [2.45, 2.75) is 35.5 Å². The first kappa shape index (κ1) is 16.8. The zero-order valence-corrected chi connectivity index (χ0v) is 16.1. The predicted molar refractivity (Wildman–Crippen MR) is 99.4 cm³/mol. The fourth-order valence-electron chi connectivity index (χ4n) is 2.44. The van der Waals surface area contributed by atoms with E-state index in [4.69, 9.17) is 4.74 Å². The van der Waals surface area contributed by atoms with Gasteiger partial charge >= 0.3 is 0 Å². The van der Waals surface area contributed by atoms with Gasteiger partial charge in [-0.05, 0) is 37.3 Å². The number of hydrogen-bond acceptors (Lipinski definition) is 9. The molecule has 3 aromatic heterocycles. The van der Waals surface area contributed by atoms with Crippen molar-refractivity contribution in [2.75, 3.05) is 11.5 Å². The minimum absolute atomic E-state index is 0.110. The Morgan fingerprint density at radius 1 is 1.32 bits per heavy atom. The van der Waals surface area contributed by atoms with E-state index < -0.39 is 0 Å². The molecule has 1 aliphatic heterocycles. The highest BCUT2D eigenvalue weighted by Gasteiger charge is 2.29. The van der Waals surface area contributed by atoms with Gasteiger partial charge in [-0.15, -0.1) is 15.3 Å². The second-order valence-corrected chi connectivity index (χ2v) is 8.89. The van der Waals surface area contributed by atoms with Crippen LogP contribution in [0, 0.1) is 0 Å². The highest BCUT2D eigenvalue weighted by atomic mass is 32.2. The van der Waals surface area contributed by atoms with Crippen molar-refractivity contribution in [3.05, 3.63) is 24.5 Å². The minimum Gasteiger partial charge on any atom is -0.466 e. The van der Waals surface area contributed by atoms with Crippen molar-refractivity contribution in [1.82, 2.24) is 29.9 Å². The lowest BCUT2D eigenvalue weighted by molar-refractivity contribution is 0.239. The van der Waals surface area contributed by atoms with Crippen LogP contribution in [0.15, 0.2) is 34.0 Å². The van der Waals surface area contributed by atoms with Gasteiger partial charge in [-0.2, -0.15) is 0 Å². The molecule has 0 radical (unpaired) electrons. The molecule has 0 N–H and O–H groups in total. The number of aromatic nitrogens is 6. The summed E-state index contributed by atoms with van der Waals surface area (Å²) < 4.78 is 8.71. The lowest BCUT2D eigenvalue weighted by Crippen LogP contribution is -2.11. The Balaban J connectivity index is 1.48. The van der Waals surface area contributed by atoms with E-state index in [9.17, 15) is 0 Å². The number of pyridine rings is 1. The van der Waals surface area contributed by atoms with Gasteiger partial charge in [0.1, 0.15) is 0 Å². The fraction of sp³-hybridized carbons (Fsp3) is 0.400. The maximum atomic E-state index is 5.58. The second-order valence-electron chi connectivity index (χ2n) is 5.69. The standard InChI is InChI=1S/C15H16N6OS3/c1-9(2)22-14-19-20-15(25-14)24-8-11-7-23-13-18-17-12(21(11)13)10-4-3-5-16-6-10/h3-6,9,11H,7-8H2,1-2H3. The normalized spacial score (nSPS) is 16.4. The van der Waals surface area contributed by atoms with Crippen LogP contribution >= 0.6 is 34.9 Å². The summed E-state index contributed by atoms with van der Waals surface area (Å²) in [4.78, 5) is 4.19. The summed E-state index contributed by atoms with van der Waals surface area (Å²) in [5.41, 5.74) is 0.988. The third-order valence-electron chi connectivity index (χ3n) is 3.48. The Kier molecular flexibility index (Phi) is 4.91. The van der Waals surface area contributed by atoms with Crippen LogP contribution in [0.1, 0.15) is 19.9 Å². The average Bonchev–Trinajstić information content (AvgIpc) is 3.30. The molecule has 10 heteroatoms. The molecule has 1 atom stereocenters. The summed E-state index contributed by atoms with van der Waals surface area (Å²) >= 11 is 4.92. The lowest BCUT2D eigenvalue weighted by atomic mass is 10.2. The van der Waals surface area contributed by atoms with Crippen LogP contribution in [0.3, 0.4) is 0 Å². The van der Waals surface area contributed by atoms with E-state index in [1.807, 2.05) is 32.2 Å². The summed E-state index contributed by atoms with van der Waals surface area (Å²) in [7, 11) is 0. The van der Waals surface area contributed by atoms with E-state index >= 15 is 0 Å². The number of nitrogens with zero attached hydrogens (tertiary/aromatic N) is 6. The molecule has 25 heavy (non-hydrogen) atoms. The van der Waals surface area contributed by atoms with Gasteiger partial charge in [0.05, 0.1) is 12.1 Å². The molecule has 0 saturated carbocycles. The van der Waals surface area contributed by atoms with Crippen molar-refractivity contribution in [3.8, 4) is 16.6 Å². The minimum atomic E-state index is 0.110. The molecular formula is C15H16N6OS3. The highest BCUT2D eigenvalue weighted by Crippen LogP contribution is 2.39. The summed E-state index contributed by atoms with van der Waals surface area (Å²) in [6.07, 6.45) is 3.70. The summed E-state index contributed by atoms with van der Waals surface area (Å²) in [6.45, 7) is 3.97. The predicted octanol–water partition coefficient (Wildman–Crippen LogP) is 3.42. The van der Waals surface area contributed by atoms with Crippen molar-refractivity contribution in [3.63, 3.8) is 0 Å². The van der Waals surface area contributed by atoms with Crippen LogP contribution in [0.2, 0.25) is 0 Å². The molecule has 0 saturated heterocycles. The summed E-state index contributed by atoms with van der Waals surface area (Å²) in [6, 6.07) is 4.24. The van der Waals surface area contributed by atoms with Crippen molar-refractivity contribution in [1.29, 1.82) is 0 Å². The third kappa shape index (κ3) is 3.65. The Hall–Kier alpha value is -1.65. The van der Waals surface area contributed by atoms with Gasteiger partial charge in [0.15, 0.2) is 15.3 Å². The van der Waals surface area contributed by atoms with E-state index in [1.165, 1.54) is 11.3 Å². The van der Waals surface area contributed by atoms with E-state index in [2.05, 4.69) is 29.9 Å². The van der Waals surface area contributed by atoms with Crippen LogP contribution < -0.4 is 4.74 Å². The number of thioether (sulfide) groups is 2. The first-order valence-corrected chi connectivity index (χ1v) is 10.6. The van der Waals surface area contributed by atoms with Crippen LogP contribution in [0.4, 0.5) is 0 Å². The summed E-state index contributed by atoms with van der Waals surface area (Å²) in [5, 5.41) is 18.5. The van der Waals surface area contributed by atoms with Gasteiger partial charge in [-0.1, -0.05) is 28.6 Å². The molecule has 0 bridgehead atoms. The monoisotopic (exact) mass is 392 g/mol. The van der Waals surface area contributed by atoms with Crippen LogP contribution in [0.5, 0.6) is 5.19 Å². The van der Waals surface area contributed by atoms with E-state index in [0.29, 0.717) is 11.2 Å². The fourth-order valence-corrected chi connectivity index (χ4v) is 5.57. The molecule has 130 valence electrons. The molecule has 0 amide bonds. The number of rotatable bonds is 6. The molecule has 0 aromatic carbocycles. The Bertz CT molecular complexity index is 850. The summed E-state index contributed by atoms with van der Waals surface area (Å²) in [5.74, 6) is 2.75. The molecule has 0 spiro atoms. The smallest absolute Gasteiger partial charge is 0.295 e. The molecule has 1 unspecified atom stereocenters. The number of hydrogen-bond donors (Lipinski definition) is 0. The zero-order chi connectivity index (χ0) is 17.2. The van der Waals surface area contributed by atoms with Crippen LogP contribution in [-0.2, 0) is 0 Å². The Morgan fingerprint density at radius 3 is 3.04 bits per heavy atom. The van der Waals surface area contributed by atoms with Crippen molar-refractivity contribution >= 4 is 34.9 Å². The Labute approximate surface area is 157 Å². The zero-order valence-electron chi connectivity index (χ0n) is 13.7. The molecule has 4 heterocycles. The van der Waals surface area contributed by atoms with Gasteiger partial charge in [0.25, 0.3) is 5.19 Å². The molecule has 7 nitrogen and oxygen atoms in total.